The summed E-state index contributed by atoms with van der Waals surface area (Å²) in [5.41, 5.74) is 0.978. The molecule has 0 amide bonds. The van der Waals surface area contributed by atoms with Crippen LogP contribution in [0.2, 0.25) is 0 Å². The maximum absolute atomic E-state index is 11.0. The Balaban J connectivity index is 2.74. The summed E-state index contributed by atoms with van der Waals surface area (Å²) in [4.78, 5) is 11.6. The molecular formula is C9H9ClO2S. The van der Waals surface area contributed by atoms with E-state index in [9.17, 15) is 4.79 Å². The molecule has 0 aliphatic carbocycles. The van der Waals surface area contributed by atoms with Crippen molar-refractivity contribution < 1.29 is 9.53 Å². The van der Waals surface area contributed by atoms with Crippen molar-refractivity contribution in [1.29, 1.82) is 0 Å². The molecular weight excluding hydrogens is 208 g/mol. The van der Waals surface area contributed by atoms with Crippen LogP contribution in [0, 0.1) is 0 Å². The number of carbonyl (C=O) groups is 1. The monoisotopic (exact) mass is 216 g/mol. The van der Waals surface area contributed by atoms with Gasteiger partial charge in [-0.25, -0.2) is 4.79 Å². The predicted octanol–water partition coefficient (Wildman–Crippen LogP) is 2.79. The van der Waals surface area contributed by atoms with Gasteiger partial charge in [0.15, 0.2) is 0 Å². The van der Waals surface area contributed by atoms with E-state index >= 15 is 0 Å². The molecule has 13 heavy (non-hydrogen) atoms. The van der Waals surface area contributed by atoms with Gasteiger partial charge in [0, 0.05) is 5.88 Å². The number of carbonyl (C=O) groups excluding carboxylic acids is 1. The number of allylic oxidation sites excluding steroid dienone is 1. The van der Waals surface area contributed by atoms with Crippen LogP contribution in [0.5, 0.6) is 0 Å². The van der Waals surface area contributed by atoms with E-state index in [1.54, 1.807) is 6.07 Å². The first-order valence-electron chi connectivity index (χ1n) is 3.67. The minimum Gasteiger partial charge on any atom is -0.465 e. The lowest BCUT2D eigenvalue weighted by Gasteiger charge is -1.90. The van der Waals surface area contributed by atoms with Crippen LogP contribution in [-0.4, -0.2) is 19.0 Å². The van der Waals surface area contributed by atoms with Crippen LogP contribution in [0.4, 0.5) is 0 Å². The van der Waals surface area contributed by atoms with E-state index in [2.05, 4.69) is 4.74 Å². The average molecular weight is 217 g/mol. The van der Waals surface area contributed by atoms with E-state index in [0.29, 0.717) is 10.8 Å². The number of thiophene rings is 1. The van der Waals surface area contributed by atoms with Gasteiger partial charge in [-0.2, -0.15) is 0 Å². The molecule has 1 heterocycles. The maximum Gasteiger partial charge on any atom is 0.348 e. The van der Waals surface area contributed by atoms with E-state index in [4.69, 9.17) is 11.6 Å². The first-order chi connectivity index (χ1) is 6.27. The van der Waals surface area contributed by atoms with Crippen molar-refractivity contribution in [2.24, 2.45) is 0 Å². The molecule has 70 valence electrons. The van der Waals surface area contributed by atoms with Gasteiger partial charge in [0.2, 0.25) is 0 Å². The Morgan fingerprint density at radius 2 is 2.54 bits per heavy atom. The highest BCUT2D eigenvalue weighted by Crippen LogP contribution is 2.16. The van der Waals surface area contributed by atoms with E-state index < -0.39 is 0 Å². The van der Waals surface area contributed by atoms with Crippen LogP contribution in [-0.2, 0) is 4.74 Å². The topological polar surface area (TPSA) is 26.3 Å². The number of ether oxygens (including phenoxy) is 1. The Labute approximate surface area is 85.8 Å². The fraction of sp³-hybridized carbons (Fsp3) is 0.222. The van der Waals surface area contributed by atoms with Crippen LogP contribution in [0.15, 0.2) is 17.5 Å². The zero-order chi connectivity index (χ0) is 9.68. The fourth-order valence-electron chi connectivity index (χ4n) is 0.827. The van der Waals surface area contributed by atoms with Crippen LogP contribution in [0.25, 0.3) is 6.08 Å². The number of alkyl halides is 1. The van der Waals surface area contributed by atoms with E-state index in [1.165, 1.54) is 18.4 Å². The fourth-order valence-corrected chi connectivity index (χ4v) is 1.71. The van der Waals surface area contributed by atoms with E-state index in [0.717, 1.165) is 5.56 Å². The Morgan fingerprint density at radius 1 is 1.77 bits per heavy atom. The van der Waals surface area contributed by atoms with Crippen LogP contribution in [0.3, 0.4) is 0 Å². The number of halogens is 1. The smallest absolute Gasteiger partial charge is 0.348 e. The summed E-state index contributed by atoms with van der Waals surface area (Å²) in [7, 11) is 1.37. The molecule has 4 heteroatoms. The van der Waals surface area contributed by atoms with E-state index in [1.807, 2.05) is 17.5 Å². The minimum absolute atomic E-state index is 0.296. The molecule has 1 aromatic heterocycles. The molecule has 2 nitrogen and oxygen atoms in total. The van der Waals surface area contributed by atoms with Crippen molar-refractivity contribution in [3.63, 3.8) is 0 Å². The zero-order valence-electron chi connectivity index (χ0n) is 7.12. The summed E-state index contributed by atoms with van der Waals surface area (Å²) in [5.74, 6) is 0.180. The predicted molar refractivity (Wildman–Crippen MR) is 55.4 cm³/mol. The lowest BCUT2D eigenvalue weighted by atomic mass is 10.3. The Hall–Kier alpha value is -0.800. The summed E-state index contributed by atoms with van der Waals surface area (Å²) in [6.07, 6.45) is 3.70. The molecule has 0 bridgehead atoms. The summed E-state index contributed by atoms with van der Waals surface area (Å²) >= 11 is 6.84. The SMILES string of the molecule is COC(=O)c1cc(C=CCCl)cs1. The van der Waals surface area contributed by atoms with Crippen molar-refractivity contribution in [1.82, 2.24) is 0 Å². The van der Waals surface area contributed by atoms with Crippen LogP contribution >= 0.6 is 22.9 Å². The molecule has 0 atom stereocenters. The lowest BCUT2D eigenvalue weighted by molar-refractivity contribution is 0.0606. The second kappa shape index (κ2) is 5.04. The van der Waals surface area contributed by atoms with Crippen molar-refractivity contribution >= 4 is 35.0 Å². The molecule has 0 radical (unpaired) electrons. The summed E-state index contributed by atoms with van der Waals surface area (Å²) in [5, 5.41) is 1.88. The quantitative estimate of drug-likeness (QED) is 0.574. The molecule has 0 fully saturated rings. The molecule has 0 aliphatic rings. The molecule has 1 rings (SSSR count). The number of esters is 1. The average Bonchev–Trinajstić information content (AvgIpc) is 2.62. The Kier molecular flexibility index (Phi) is 3.99. The van der Waals surface area contributed by atoms with Gasteiger partial charge in [-0.1, -0.05) is 12.2 Å². The maximum atomic E-state index is 11.0. The molecule has 0 saturated carbocycles. The van der Waals surface area contributed by atoms with Gasteiger partial charge in [-0.15, -0.1) is 22.9 Å². The highest BCUT2D eigenvalue weighted by atomic mass is 35.5. The van der Waals surface area contributed by atoms with Crippen LogP contribution < -0.4 is 0 Å². The third-order valence-corrected chi connectivity index (χ3v) is 2.51. The largest absolute Gasteiger partial charge is 0.465 e. The van der Waals surface area contributed by atoms with Gasteiger partial charge in [0.25, 0.3) is 0 Å². The highest BCUT2D eigenvalue weighted by Gasteiger charge is 2.06. The van der Waals surface area contributed by atoms with E-state index in [-0.39, 0.29) is 5.97 Å². The number of methoxy groups -OCH3 is 1. The first kappa shape index (κ1) is 10.3. The zero-order valence-corrected chi connectivity index (χ0v) is 8.69. The van der Waals surface area contributed by atoms with Crippen molar-refractivity contribution in [2.75, 3.05) is 13.0 Å². The van der Waals surface area contributed by atoms with Crippen molar-refractivity contribution in [2.45, 2.75) is 0 Å². The first-order valence-corrected chi connectivity index (χ1v) is 5.08. The minimum atomic E-state index is -0.296. The molecule has 0 spiro atoms. The highest BCUT2D eigenvalue weighted by molar-refractivity contribution is 7.12. The second-order valence-electron chi connectivity index (χ2n) is 2.29. The third-order valence-electron chi connectivity index (χ3n) is 1.41. The lowest BCUT2D eigenvalue weighted by Crippen LogP contribution is -1.96. The number of rotatable bonds is 3. The molecule has 0 saturated heterocycles. The van der Waals surface area contributed by atoms with Gasteiger partial charge >= 0.3 is 5.97 Å². The second-order valence-corrected chi connectivity index (χ2v) is 3.51. The normalized spacial score (nSPS) is 10.6. The third kappa shape index (κ3) is 2.86. The van der Waals surface area contributed by atoms with Gasteiger partial charge in [-0.3, -0.25) is 0 Å². The summed E-state index contributed by atoms with van der Waals surface area (Å²) in [6, 6.07) is 1.78. The summed E-state index contributed by atoms with van der Waals surface area (Å²) in [6.45, 7) is 0. The van der Waals surface area contributed by atoms with Gasteiger partial charge in [0.1, 0.15) is 4.88 Å². The van der Waals surface area contributed by atoms with Gasteiger partial charge in [-0.05, 0) is 17.0 Å². The van der Waals surface area contributed by atoms with Crippen molar-refractivity contribution in [3.8, 4) is 0 Å². The standard InChI is InChI=1S/C9H9ClO2S/c1-12-9(11)8-5-7(6-13-8)3-2-4-10/h2-3,5-6H,4H2,1H3. The number of hydrogen-bond acceptors (Lipinski definition) is 3. The van der Waals surface area contributed by atoms with Gasteiger partial charge in [0.05, 0.1) is 7.11 Å². The molecule has 1 aromatic rings. The molecule has 0 N–H and O–H groups in total. The Bertz CT molecular complexity index is 317. The van der Waals surface area contributed by atoms with Crippen molar-refractivity contribution in [3.05, 3.63) is 28.0 Å². The summed E-state index contributed by atoms with van der Waals surface area (Å²) < 4.78 is 4.58. The Morgan fingerprint density at radius 3 is 3.15 bits per heavy atom. The molecule has 0 aromatic carbocycles. The van der Waals surface area contributed by atoms with Gasteiger partial charge < -0.3 is 4.74 Å². The molecule has 0 unspecified atom stereocenters. The van der Waals surface area contributed by atoms with Crippen LogP contribution in [0.1, 0.15) is 15.2 Å². The number of hydrogen-bond donors (Lipinski definition) is 0. The molecule has 0 aliphatic heterocycles.